The van der Waals surface area contributed by atoms with Crippen LogP contribution in [-0.4, -0.2) is 15.0 Å². The highest BCUT2D eigenvalue weighted by Crippen LogP contribution is 2.21. The molecule has 0 atom stereocenters. The first-order chi connectivity index (χ1) is 8.24. The van der Waals surface area contributed by atoms with Crippen molar-refractivity contribution >= 4 is 27.0 Å². The first-order valence-electron chi connectivity index (χ1n) is 5.00. The number of fused-ring (bicyclic) bond motifs is 1. The Hall–Kier alpha value is -1.75. The first kappa shape index (κ1) is 10.4. The lowest BCUT2D eigenvalue weighted by molar-refractivity contribution is 0.637. The van der Waals surface area contributed by atoms with E-state index in [0.29, 0.717) is 22.6 Å². The van der Waals surface area contributed by atoms with Crippen LogP contribution in [0.4, 0.5) is 4.39 Å². The molecule has 3 nitrogen and oxygen atoms in total. The van der Waals surface area contributed by atoms with Crippen LogP contribution in [0.15, 0.2) is 41.0 Å². The molecular formula is C12H7BrFN3. The minimum absolute atomic E-state index is 0.331. The van der Waals surface area contributed by atoms with Crippen LogP contribution in [0.2, 0.25) is 0 Å². The molecule has 0 aliphatic heterocycles. The average molecular weight is 292 g/mol. The fourth-order valence-electron chi connectivity index (χ4n) is 1.63. The molecule has 0 bridgehead atoms. The summed E-state index contributed by atoms with van der Waals surface area (Å²) in [6.45, 7) is 0. The highest BCUT2D eigenvalue weighted by molar-refractivity contribution is 9.10. The zero-order chi connectivity index (χ0) is 11.8. The summed E-state index contributed by atoms with van der Waals surface area (Å²) in [5.41, 5.74) is 1.70. The zero-order valence-electron chi connectivity index (χ0n) is 8.61. The fourth-order valence-corrected chi connectivity index (χ4v) is 1.87. The van der Waals surface area contributed by atoms with Crippen LogP contribution in [0.1, 0.15) is 0 Å². The number of nitrogens with zero attached hydrogens (tertiary/aromatic N) is 2. The van der Waals surface area contributed by atoms with Crippen molar-refractivity contribution in [1.29, 1.82) is 0 Å². The van der Waals surface area contributed by atoms with Crippen molar-refractivity contribution in [2.45, 2.75) is 0 Å². The number of aromatic amines is 1. The molecule has 0 unspecified atom stereocenters. The molecule has 0 amide bonds. The zero-order valence-corrected chi connectivity index (χ0v) is 10.2. The maximum Gasteiger partial charge on any atom is 0.157 e. The smallest absolute Gasteiger partial charge is 0.157 e. The van der Waals surface area contributed by atoms with Gasteiger partial charge in [-0.3, -0.25) is 4.98 Å². The fraction of sp³-hybridized carbons (Fsp3) is 0. The third kappa shape index (κ3) is 1.82. The van der Waals surface area contributed by atoms with Gasteiger partial charge in [0.2, 0.25) is 0 Å². The maximum atomic E-state index is 13.5. The normalized spacial score (nSPS) is 10.9. The van der Waals surface area contributed by atoms with Gasteiger partial charge in [0.1, 0.15) is 11.2 Å². The van der Waals surface area contributed by atoms with Gasteiger partial charge in [0.15, 0.2) is 11.6 Å². The molecule has 0 saturated heterocycles. The van der Waals surface area contributed by atoms with E-state index in [2.05, 4.69) is 30.9 Å². The van der Waals surface area contributed by atoms with Gasteiger partial charge >= 0.3 is 0 Å². The molecular weight excluding hydrogens is 285 g/mol. The van der Waals surface area contributed by atoms with Crippen LogP contribution >= 0.6 is 15.9 Å². The Labute approximate surface area is 105 Å². The predicted octanol–water partition coefficient (Wildman–Crippen LogP) is 3.53. The molecule has 1 N–H and O–H groups in total. The summed E-state index contributed by atoms with van der Waals surface area (Å²) in [5.74, 6) is 0.236. The Morgan fingerprint density at radius 2 is 2.06 bits per heavy atom. The molecule has 0 fully saturated rings. The molecule has 3 aromatic rings. The minimum atomic E-state index is -0.331. The van der Waals surface area contributed by atoms with Gasteiger partial charge in [-0.1, -0.05) is 6.07 Å². The molecule has 84 valence electrons. The maximum absolute atomic E-state index is 13.5. The lowest BCUT2D eigenvalue weighted by Crippen LogP contribution is -1.84. The van der Waals surface area contributed by atoms with Crippen LogP contribution in [0.25, 0.3) is 22.6 Å². The Bertz CT molecular complexity index is 676. The Morgan fingerprint density at radius 3 is 2.76 bits per heavy atom. The van der Waals surface area contributed by atoms with E-state index in [1.165, 1.54) is 6.07 Å². The van der Waals surface area contributed by atoms with E-state index in [-0.39, 0.29) is 5.82 Å². The van der Waals surface area contributed by atoms with Gasteiger partial charge in [0.25, 0.3) is 0 Å². The summed E-state index contributed by atoms with van der Waals surface area (Å²) in [5, 5.41) is 0. The molecule has 2 aromatic heterocycles. The van der Waals surface area contributed by atoms with Gasteiger partial charge in [0.05, 0.1) is 5.52 Å². The summed E-state index contributed by atoms with van der Waals surface area (Å²) in [4.78, 5) is 11.5. The van der Waals surface area contributed by atoms with E-state index in [0.717, 1.165) is 4.47 Å². The van der Waals surface area contributed by atoms with Gasteiger partial charge in [-0.2, -0.15) is 0 Å². The second-order valence-corrected chi connectivity index (χ2v) is 4.50. The highest BCUT2D eigenvalue weighted by Gasteiger charge is 2.09. The van der Waals surface area contributed by atoms with E-state index < -0.39 is 0 Å². The van der Waals surface area contributed by atoms with E-state index in [9.17, 15) is 4.39 Å². The van der Waals surface area contributed by atoms with Crippen molar-refractivity contribution < 1.29 is 4.39 Å². The minimum Gasteiger partial charge on any atom is -0.337 e. The quantitative estimate of drug-likeness (QED) is 0.745. The lowest BCUT2D eigenvalue weighted by atomic mass is 10.3. The van der Waals surface area contributed by atoms with Crippen molar-refractivity contribution in [2.75, 3.05) is 0 Å². The molecule has 5 heteroatoms. The molecule has 0 aliphatic carbocycles. The summed E-state index contributed by atoms with van der Waals surface area (Å²) < 4.78 is 14.4. The summed E-state index contributed by atoms with van der Waals surface area (Å²) in [7, 11) is 0. The molecule has 3 rings (SSSR count). The van der Waals surface area contributed by atoms with Gasteiger partial charge in [-0.05, 0) is 40.2 Å². The van der Waals surface area contributed by atoms with Gasteiger partial charge in [0, 0.05) is 10.7 Å². The molecule has 0 saturated carbocycles. The van der Waals surface area contributed by atoms with Crippen LogP contribution in [0.5, 0.6) is 0 Å². The monoisotopic (exact) mass is 291 g/mol. The highest BCUT2D eigenvalue weighted by atomic mass is 79.9. The van der Waals surface area contributed by atoms with Crippen molar-refractivity contribution in [3.05, 3.63) is 46.8 Å². The second kappa shape index (κ2) is 3.92. The number of hydrogen-bond donors (Lipinski definition) is 1. The lowest BCUT2D eigenvalue weighted by Gasteiger charge is -1.94. The number of H-pyrrole nitrogens is 1. The largest absolute Gasteiger partial charge is 0.337 e. The van der Waals surface area contributed by atoms with Gasteiger partial charge in [-0.25, -0.2) is 9.37 Å². The standard InChI is InChI=1S/C12H7BrFN3/c13-7-4-5-10(15-6-7)12-16-9-3-1-2-8(14)11(9)17-12/h1-6H,(H,16,17). The van der Waals surface area contributed by atoms with Crippen LogP contribution in [-0.2, 0) is 0 Å². The number of hydrogen-bond acceptors (Lipinski definition) is 2. The summed E-state index contributed by atoms with van der Waals surface area (Å²) in [6.07, 6.45) is 1.68. The van der Waals surface area contributed by atoms with Gasteiger partial charge in [-0.15, -0.1) is 0 Å². The number of benzene rings is 1. The summed E-state index contributed by atoms with van der Waals surface area (Å²) in [6, 6.07) is 8.51. The predicted molar refractivity (Wildman–Crippen MR) is 67.0 cm³/mol. The topological polar surface area (TPSA) is 41.6 Å². The van der Waals surface area contributed by atoms with Crippen molar-refractivity contribution in [3.63, 3.8) is 0 Å². The number of para-hydroxylation sites is 1. The van der Waals surface area contributed by atoms with Crippen LogP contribution in [0.3, 0.4) is 0 Å². The van der Waals surface area contributed by atoms with E-state index in [1.807, 2.05) is 12.1 Å². The molecule has 17 heavy (non-hydrogen) atoms. The first-order valence-corrected chi connectivity index (χ1v) is 5.79. The van der Waals surface area contributed by atoms with Crippen LogP contribution < -0.4 is 0 Å². The van der Waals surface area contributed by atoms with Crippen molar-refractivity contribution in [1.82, 2.24) is 15.0 Å². The van der Waals surface area contributed by atoms with Crippen molar-refractivity contribution in [2.24, 2.45) is 0 Å². The number of aromatic nitrogens is 3. The van der Waals surface area contributed by atoms with E-state index in [1.54, 1.807) is 18.3 Å². The third-order valence-electron chi connectivity index (χ3n) is 2.43. The number of imidazole rings is 1. The molecule has 0 spiro atoms. The average Bonchev–Trinajstić information content (AvgIpc) is 2.75. The van der Waals surface area contributed by atoms with Crippen molar-refractivity contribution in [3.8, 4) is 11.5 Å². The number of pyridine rings is 1. The Kier molecular flexibility index (Phi) is 2.40. The van der Waals surface area contributed by atoms with E-state index >= 15 is 0 Å². The van der Waals surface area contributed by atoms with E-state index in [4.69, 9.17) is 0 Å². The number of nitrogens with one attached hydrogen (secondary N) is 1. The van der Waals surface area contributed by atoms with Gasteiger partial charge < -0.3 is 4.98 Å². The Morgan fingerprint density at radius 1 is 1.18 bits per heavy atom. The third-order valence-corrected chi connectivity index (χ3v) is 2.90. The number of halogens is 2. The second-order valence-electron chi connectivity index (χ2n) is 3.58. The molecule has 0 aliphatic rings. The number of rotatable bonds is 1. The summed E-state index contributed by atoms with van der Waals surface area (Å²) >= 11 is 3.31. The molecule has 2 heterocycles. The SMILES string of the molecule is Fc1cccc2[nH]c(-c3ccc(Br)cn3)nc12. The molecule has 1 aromatic carbocycles. The molecule has 0 radical (unpaired) electrons. The Balaban J connectivity index is 2.18. The van der Waals surface area contributed by atoms with Crippen LogP contribution in [0, 0.1) is 5.82 Å².